The number of carbonyl (C=O) groups is 1. The van der Waals surface area contributed by atoms with E-state index in [-0.39, 0.29) is 5.60 Å². The van der Waals surface area contributed by atoms with Crippen LogP contribution in [0.15, 0.2) is 22.7 Å². The highest BCUT2D eigenvalue weighted by Crippen LogP contribution is 2.27. The van der Waals surface area contributed by atoms with Crippen LogP contribution >= 0.6 is 15.9 Å². The molecule has 5 heteroatoms. The monoisotopic (exact) mass is 313 g/mol. The molecule has 1 aromatic rings. The van der Waals surface area contributed by atoms with Crippen LogP contribution in [0.3, 0.4) is 0 Å². The molecule has 0 aliphatic carbocycles. The van der Waals surface area contributed by atoms with Gasteiger partial charge in [0.1, 0.15) is 0 Å². The van der Waals surface area contributed by atoms with E-state index in [0.29, 0.717) is 12.2 Å². The van der Waals surface area contributed by atoms with Crippen molar-refractivity contribution >= 4 is 27.6 Å². The zero-order chi connectivity index (χ0) is 13.3. The molecule has 1 aliphatic rings. The molecule has 1 aliphatic heterocycles. The molecule has 1 heterocycles. The van der Waals surface area contributed by atoms with Crippen LogP contribution in [-0.4, -0.2) is 36.4 Å². The van der Waals surface area contributed by atoms with E-state index in [2.05, 4.69) is 20.8 Å². The maximum absolute atomic E-state index is 11.1. The zero-order valence-electron chi connectivity index (χ0n) is 10.4. The predicted octanol–water partition coefficient (Wildman–Crippen LogP) is 2.76. The number of carboxylic acid groups (broad SMARTS) is 1. The largest absolute Gasteiger partial charge is 0.478 e. The maximum Gasteiger partial charge on any atom is 0.335 e. The molecule has 0 aromatic heterocycles. The van der Waals surface area contributed by atoms with Crippen LogP contribution in [0.1, 0.15) is 24.2 Å². The first-order valence-electron chi connectivity index (χ1n) is 5.80. The Bertz CT molecular complexity index is 473. The van der Waals surface area contributed by atoms with Crippen LogP contribution in [0.25, 0.3) is 0 Å². The summed E-state index contributed by atoms with van der Waals surface area (Å²) in [5.41, 5.74) is 1.01. The second-order valence-electron chi connectivity index (χ2n) is 5.03. The van der Waals surface area contributed by atoms with Gasteiger partial charge in [-0.05, 0) is 32.0 Å². The van der Waals surface area contributed by atoms with Gasteiger partial charge in [-0.2, -0.15) is 0 Å². The summed E-state index contributed by atoms with van der Waals surface area (Å²) >= 11 is 3.36. The van der Waals surface area contributed by atoms with Gasteiger partial charge < -0.3 is 14.7 Å². The van der Waals surface area contributed by atoms with E-state index in [1.54, 1.807) is 12.1 Å². The lowest BCUT2D eigenvalue weighted by Gasteiger charge is -2.39. The van der Waals surface area contributed by atoms with Crippen molar-refractivity contribution in [2.24, 2.45) is 0 Å². The number of halogens is 1. The Morgan fingerprint density at radius 3 is 2.78 bits per heavy atom. The molecule has 1 N–H and O–H groups in total. The van der Waals surface area contributed by atoms with Crippen molar-refractivity contribution in [3.05, 3.63) is 28.2 Å². The Morgan fingerprint density at radius 2 is 2.17 bits per heavy atom. The van der Waals surface area contributed by atoms with Crippen LogP contribution in [0.5, 0.6) is 0 Å². The first kappa shape index (κ1) is 13.4. The highest BCUT2D eigenvalue weighted by Gasteiger charge is 2.27. The quantitative estimate of drug-likeness (QED) is 0.912. The lowest BCUT2D eigenvalue weighted by Crippen LogP contribution is -2.48. The number of ether oxygens (including phenoxy) is 1. The number of aromatic carboxylic acids is 1. The van der Waals surface area contributed by atoms with Crippen molar-refractivity contribution in [3.8, 4) is 0 Å². The first-order valence-corrected chi connectivity index (χ1v) is 6.59. The van der Waals surface area contributed by atoms with E-state index < -0.39 is 5.97 Å². The minimum absolute atomic E-state index is 0.204. The van der Waals surface area contributed by atoms with E-state index >= 15 is 0 Å². The van der Waals surface area contributed by atoms with Crippen molar-refractivity contribution in [1.82, 2.24) is 0 Å². The molecular weight excluding hydrogens is 298 g/mol. The Kier molecular flexibility index (Phi) is 3.64. The number of benzene rings is 1. The van der Waals surface area contributed by atoms with Crippen molar-refractivity contribution in [2.45, 2.75) is 19.4 Å². The summed E-state index contributed by atoms with van der Waals surface area (Å²) in [6.45, 7) is 6.26. The molecule has 0 atom stereocenters. The smallest absolute Gasteiger partial charge is 0.335 e. The first-order chi connectivity index (χ1) is 8.37. The molecule has 0 bridgehead atoms. The van der Waals surface area contributed by atoms with Crippen molar-refractivity contribution in [2.75, 3.05) is 24.6 Å². The summed E-state index contributed by atoms with van der Waals surface area (Å²) in [7, 11) is 0. The second kappa shape index (κ2) is 4.90. The lowest BCUT2D eigenvalue weighted by molar-refractivity contribution is -0.0276. The third-order valence-corrected chi connectivity index (χ3v) is 3.38. The molecule has 1 saturated heterocycles. The molecule has 0 saturated carbocycles. The van der Waals surface area contributed by atoms with Crippen molar-refractivity contribution < 1.29 is 14.6 Å². The third kappa shape index (κ3) is 3.03. The fourth-order valence-corrected chi connectivity index (χ4v) is 2.60. The highest BCUT2D eigenvalue weighted by molar-refractivity contribution is 9.10. The van der Waals surface area contributed by atoms with Crippen LogP contribution in [0.2, 0.25) is 0 Å². The highest BCUT2D eigenvalue weighted by atomic mass is 79.9. The van der Waals surface area contributed by atoms with E-state index in [0.717, 1.165) is 23.2 Å². The zero-order valence-corrected chi connectivity index (χ0v) is 12.0. The number of hydrogen-bond acceptors (Lipinski definition) is 3. The molecule has 0 amide bonds. The molecule has 2 rings (SSSR count). The molecule has 98 valence electrons. The molecule has 0 radical (unpaired) electrons. The summed E-state index contributed by atoms with van der Waals surface area (Å²) < 4.78 is 6.43. The summed E-state index contributed by atoms with van der Waals surface area (Å²) in [6.07, 6.45) is 0. The molecule has 1 aromatic carbocycles. The number of morpholine rings is 1. The number of anilines is 1. The van der Waals surface area contributed by atoms with Crippen molar-refractivity contribution in [3.63, 3.8) is 0 Å². The Morgan fingerprint density at radius 1 is 1.44 bits per heavy atom. The Balaban J connectivity index is 2.30. The van der Waals surface area contributed by atoms with E-state index in [9.17, 15) is 4.79 Å². The van der Waals surface area contributed by atoms with Gasteiger partial charge in [0.05, 0.1) is 17.8 Å². The van der Waals surface area contributed by atoms with Gasteiger partial charge >= 0.3 is 5.97 Å². The van der Waals surface area contributed by atoms with Gasteiger partial charge in [0.2, 0.25) is 0 Å². The minimum atomic E-state index is -0.912. The molecular formula is C13H16BrNO3. The van der Waals surface area contributed by atoms with Gasteiger partial charge in [-0.1, -0.05) is 15.9 Å². The van der Waals surface area contributed by atoms with Gasteiger partial charge in [-0.15, -0.1) is 0 Å². The summed E-state index contributed by atoms with van der Waals surface area (Å²) in [5.74, 6) is -0.912. The number of hydrogen-bond donors (Lipinski definition) is 1. The van der Waals surface area contributed by atoms with Crippen molar-refractivity contribution in [1.29, 1.82) is 0 Å². The topological polar surface area (TPSA) is 49.8 Å². The standard InChI is InChI=1S/C13H16BrNO3/c1-13(2)8-15(3-4-18-13)11-6-9(12(16)17)5-10(14)7-11/h5-7H,3-4,8H2,1-2H3,(H,16,17). The molecule has 4 nitrogen and oxygen atoms in total. The average Bonchev–Trinajstić information content (AvgIpc) is 2.26. The Hall–Kier alpha value is -1.07. The Labute approximate surface area is 115 Å². The van der Waals surface area contributed by atoms with Gasteiger partial charge in [0, 0.05) is 23.2 Å². The van der Waals surface area contributed by atoms with E-state index in [1.807, 2.05) is 19.9 Å². The van der Waals surface area contributed by atoms with Gasteiger partial charge in [0.25, 0.3) is 0 Å². The molecule has 0 unspecified atom stereocenters. The molecule has 1 fully saturated rings. The SMILES string of the molecule is CC1(C)CN(c2cc(Br)cc(C(=O)O)c2)CCO1. The van der Waals surface area contributed by atoms with Crippen LogP contribution < -0.4 is 4.90 Å². The van der Waals surface area contributed by atoms with Crippen LogP contribution in [0, 0.1) is 0 Å². The van der Waals surface area contributed by atoms with E-state index in [4.69, 9.17) is 9.84 Å². The normalized spacial score (nSPS) is 18.7. The fourth-order valence-electron chi connectivity index (χ4n) is 2.12. The van der Waals surface area contributed by atoms with E-state index in [1.165, 1.54) is 0 Å². The number of carboxylic acids is 1. The van der Waals surface area contributed by atoms with Gasteiger partial charge in [-0.3, -0.25) is 0 Å². The predicted molar refractivity (Wildman–Crippen MR) is 73.3 cm³/mol. The number of nitrogens with zero attached hydrogens (tertiary/aromatic N) is 1. The second-order valence-corrected chi connectivity index (χ2v) is 5.95. The van der Waals surface area contributed by atoms with Gasteiger partial charge in [0.15, 0.2) is 0 Å². The lowest BCUT2D eigenvalue weighted by atomic mass is 10.1. The van der Waals surface area contributed by atoms with Gasteiger partial charge in [-0.25, -0.2) is 4.79 Å². The number of rotatable bonds is 2. The third-order valence-electron chi connectivity index (χ3n) is 2.92. The summed E-state index contributed by atoms with van der Waals surface area (Å²) in [5, 5.41) is 9.07. The summed E-state index contributed by atoms with van der Waals surface area (Å²) in [4.78, 5) is 13.2. The fraction of sp³-hybridized carbons (Fsp3) is 0.462. The van der Waals surface area contributed by atoms with Crippen LogP contribution in [-0.2, 0) is 4.74 Å². The minimum Gasteiger partial charge on any atom is -0.478 e. The maximum atomic E-state index is 11.1. The molecule has 18 heavy (non-hydrogen) atoms. The summed E-state index contributed by atoms with van der Waals surface area (Å²) in [6, 6.07) is 5.25. The van der Waals surface area contributed by atoms with Crippen LogP contribution in [0.4, 0.5) is 5.69 Å². The average molecular weight is 314 g/mol. The molecule has 0 spiro atoms.